The fourth-order valence-corrected chi connectivity index (χ4v) is 6.52. The summed E-state index contributed by atoms with van der Waals surface area (Å²) in [5.41, 5.74) is 2.09. The first kappa shape index (κ1) is 23.3. The molecule has 32 heavy (non-hydrogen) atoms. The Morgan fingerprint density at radius 2 is 1.47 bits per heavy atom. The van der Waals surface area contributed by atoms with E-state index in [0.717, 1.165) is 37.9 Å². The Balaban J connectivity index is 1.24. The summed E-state index contributed by atoms with van der Waals surface area (Å²) >= 11 is 5.89. The van der Waals surface area contributed by atoms with Crippen LogP contribution in [0, 0.1) is 11.8 Å². The molecule has 0 bridgehead atoms. The molecule has 0 aliphatic carbocycles. The largest absolute Gasteiger partial charge is 0.342 e. The van der Waals surface area contributed by atoms with E-state index >= 15 is 0 Å². The molecule has 0 radical (unpaired) electrons. The number of rotatable bonds is 6. The Morgan fingerprint density at radius 3 is 2.09 bits per heavy atom. The molecule has 172 valence electrons. The van der Waals surface area contributed by atoms with Crippen LogP contribution in [0.15, 0.2) is 54.6 Å². The lowest BCUT2D eigenvalue weighted by Crippen LogP contribution is -2.46. The van der Waals surface area contributed by atoms with Crippen LogP contribution in [0.3, 0.4) is 0 Å². The van der Waals surface area contributed by atoms with E-state index < -0.39 is 10.0 Å². The van der Waals surface area contributed by atoms with Gasteiger partial charge in [-0.25, -0.2) is 12.7 Å². The summed E-state index contributed by atoms with van der Waals surface area (Å²) in [5.74, 6) is 0.736. The number of hydrogen-bond donors (Lipinski definition) is 0. The minimum absolute atomic E-state index is 0.0300. The van der Waals surface area contributed by atoms with Gasteiger partial charge in [-0.3, -0.25) is 4.79 Å². The van der Waals surface area contributed by atoms with E-state index in [-0.39, 0.29) is 17.6 Å². The molecular weight excluding hydrogens is 444 g/mol. The number of benzene rings is 2. The maximum Gasteiger partial charge on any atom is 0.225 e. The number of likely N-dealkylation sites (tertiary alicyclic amines) is 1. The van der Waals surface area contributed by atoms with Crippen molar-refractivity contribution in [2.45, 2.75) is 37.9 Å². The number of halogens is 1. The molecule has 0 N–H and O–H groups in total. The lowest BCUT2D eigenvalue weighted by molar-refractivity contribution is -0.138. The van der Waals surface area contributed by atoms with Crippen molar-refractivity contribution in [1.82, 2.24) is 9.21 Å². The zero-order valence-electron chi connectivity index (χ0n) is 18.3. The van der Waals surface area contributed by atoms with Crippen molar-refractivity contribution in [3.8, 4) is 0 Å². The molecule has 2 heterocycles. The molecule has 2 aromatic carbocycles. The van der Waals surface area contributed by atoms with Gasteiger partial charge in [0.15, 0.2) is 0 Å². The first-order chi connectivity index (χ1) is 15.4. The molecule has 2 aliphatic rings. The lowest BCUT2D eigenvalue weighted by Gasteiger charge is -2.37. The van der Waals surface area contributed by atoms with Crippen molar-refractivity contribution in [1.29, 1.82) is 0 Å². The van der Waals surface area contributed by atoms with E-state index in [1.54, 1.807) is 24.3 Å². The van der Waals surface area contributed by atoms with Crippen molar-refractivity contribution in [2.24, 2.45) is 11.8 Å². The number of sulfonamides is 1. The average Bonchev–Trinajstić information content (AvgIpc) is 2.81. The number of hydrogen-bond acceptors (Lipinski definition) is 3. The number of carbonyl (C=O) groups excluding carboxylic acids is 1. The smallest absolute Gasteiger partial charge is 0.225 e. The highest BCUT2D eigenvalue weighted by Crippen LogP contribution is 2.27. The van der Waals surface area contributed by atoms with E-state index in [1.807, 2.05) is 11.0 Å². The normalized spacial score (nSPS) is 19.2. The van der Waals surface area contributed by atoms with Crippen molar-refractivity contribution in [2.75, 3.05) is 26.2 Å². The second-order valence-electron chi connectivity index (χ2n) is 9.01. The van der Waals surface area contributed by atoms with Crippen molar-refractivity contribution >= 4 is 27.5 Å². The fourth-order valence-electron chi connectivity index (χ4n) is 4.83. The van der Waals surface area contributed by atoms with Crippen LogP contribution in [-0.2, 0) is 27.0 Å². The third kappa shape index (κ3) is 5.91. The fraction of sp³-hybridized carbons (Fsp3) is 0.480. The van der Waals surface area contributed by atoms with Gasteiger partial charge in [0.05, 0.1) is 5.75 Å². The van der Waals surface area contributed by atoms with Gasteiger partial charge in [-0.2, -0.15) is 0 Å². The SMILES string of the molecule is O=C(C1CCN(S(=O)(=O)Cc2ccc(Cl)cc2)CC1)N1CCC(Cc2ccccc2)CC1. The van der Waals surface area contributed by atoms with Crippen LogP contribution in [0.1, 0.15) is 36.8 Å². The third-order valence-electron chi connectivity index (χ3n) is 6.75. The minimum Gasteiger partial charge on any atom is -0.342 e. The molecular formula is C25H31ClN2O3S. The van der Waals surface area contributed by atoms with Crippen LogP contribution in [-0.4, -0.2) is 49.7 Å². The highest BCUT2D eigenvalue weighted by Gasteiger charge is 2.34. The van der Waals surface area contributed by atoms with Crippen molar-refractivity contribution in [3.63, 3.8) is 0 Å². The molecule has 7 heteroatoms. The Morgan fingerprint density at radius 1 is 0.844 bits per heavy atom. The van der Waals surface area contributed by atoms with Gasteiger partial charge in [-0.05, 0) is 61.3 Å². The third-order valence-corrected chi connectivity index (χ3v) is 8.85. The predicted molar refractivity (Wildman–Crippen MR) is 128 cm³/mol. The van der Waals surface area contributed by atoms with E-state index in [4.69, 9.17) is 11.6 Å². The molecule has 2 aromatic rings. The molecule has 0 atom stereocenters. The summed E-state index contributed by atoms with van der Waals surface area (Å²) in [5, 5.41) is 0.592. The van der Waals surface area contributed by atoms with Crippen molar-refractivity contribution in [3.05, 3.63) is 70.7 Å². The molecule has 2 fully saturated rings. The molecule has 2 aliphatic heterocycles. The van der Waals surface area contributed by atoms with Crippen LogP contribution >= 0.6 is 11.6 Å². The van der Waals surface area contributed by atoms with Crippen LogP contribution in [0.2, 0.25) is 5.02 Å². The standard InChI is InChI=1S/C25H31ClN2O3S/c26-24-8-6-22(7-9-24)19-32(30,31)28-16-12-23(13-17-28)25(29)27-14-10-21(11-15-27)18-20-4-2-1-3-5-20/h1-9,21,23H,10-19H2. The van der Waals surface area contributed by atoms with Crippen LogP contribution in [0.25, 0.3) is 0 Å². The van der Waals surface area contributed by atoms with Gasteiger partial charge in [-0.1, -0.05) is 54.1 Å². The molecule has 2 saturated heterocycles. The van der Waals surface area contributed by atoms with Crippen LogP contribution in [0.5, 0.6) is 0 Å². The second-order valence-corrected chi connectivity index (χ2v) is 11.4. The molecule has 1 amide bonds. The summed E-state index contributed by atoms with van der Waals surface area (Å²) in [6.45, 7) is 2.45. The Kier molecular flexibility index (Phi) is 7.54. The van der Waals surface area contributed by atoms with Gasteiger partial charge in [0.25, 0.3) is 0 Å². The van der Waals surface area contributed by atoms with Gasteiger partial charge in [0, 0.05) is 37.1 Å². The highest BCUT2D eigenvalue weighted by atomic mass is 35.5. The van der Waals surface area contributed by atoms with Gasteiger partial charge in [0.2, 0.25) is 15.9 Å². The van der Waals surface area contributed by atoms with Gasteiger partial charge in [-0.15, -0.1) is 0 Å². The summed E-state index contributed by atoms with van der Waals surface area (Å²) < 4.78 is 27.1. The summed E-state index contributed by atoms with van der Waals surface area (Å²) in [7, 11) is -3.39. The maximum absolute atomic E-state index is 13.0. The van der Waals surface area contributed by atoms with Gasteiger partial charge < -0.3 is 4.90 Å². The number of nitrogens with zero attached hydrogens (tertiary/aromatic N) is 2. The summed E-state index contributed by atoms with van der Waals surface area (Å²) in [4.78, 5) is 15.0. The molecule has 0 unspecified atom stereocenters. The highest BCUT2D eigenvalue weighted by molar-refractivity contribution is 7.88. The van der Waals surface area contributed by atoms with Crippen LogP contribution in [0.4, 0.5) is 0 Å². The van der Waals surface area contributed by atoms with E-state index in [2.05, 4.69) is 24.3 Å². The maximum atomic E-state index is 13.0. The van der Waals surface area contributed by atoms with E-state index in [1.165, 1.54) is 9.87 Å². The molecule has 0 saturated carbocycles. The predicted octanol–water partition coefficient (Wildman–Crippen LogP) is 4.36. The zero-order chi connectivity index (χ0) is 22.6. The quantitative estimate of drug-likeness (QED) is 0.624. The number of amides is 1. The van der Waals surface area contributed by atoms with Crippen molar-refractivity contribution < 1.29 is 13.2 Å². The molecule has 5 nitrogen and oxygen atoms in total. The second kappa shape index (κ2) is 10.4. The summed E-state index contributed by atoms with van der Waals surface area (Å²) in [6, 6.07) is 17.5. The van der Waals surface area contributed by atoms with Gasteiger partial charge in [0.1, 0.15) is 0 Å². The Labute approximate surface area is 196 Å². The Hall–Kier alpha value is -1.89. The average molecular weight is 475 g/mol. The first-order valence-electron chi connectivity index (χ1n) is 11.5. The van der Waals surface area contributed by atoms with E-state index in [0.29, 0.717) is 36.9 Å². The molecule has 0 aromatic heterocycles. The number of piperidine rings is 2. The summed E-state index contributed by atoms with van der Waals surface area (Å²) in [6.07, 6.45) is 4.35. The van der Waals surface area contributed by atoms with E-state index in [9.17, 15) is 13.2 Å². The monoisotopic (exact) mass is 474 g/mol. The van der Waals surface area contributed by atoms with Gasteiger partial charge >= 0.3 is 0 Å². The minimum atomic E-state index is -3.39. The topological polar surface area (TPSA) is 57.7 Å². The number of carbonyl (C=O) groups is 1. The first-order valence-corrected chi connectivity index (χ1v) is 13.4. The van der Waals surface area contributed by atoms with Crippen LogP contribution < -0.4 is 0 Å². The molecule has 4 rings (SSSR count). The zero-order valence-corrected chi connectivity index (χ0v) is 19.9. The molecule has 0 spiro atoms. The lowest BCUT2D eigenvalue weighted by atomic mass is 9.89. The Bertz CT molecular complexity index is 995.